The summed E-state index contributed by atoms with van der Waals surface area (Å²) in [6.07, 6.45) is 2.09. The lowest BCUT2D eigenvalue weighted by molar-refractivity contribution is -0.117. The van der Waals surface area contributed by atoms with Gasteiger partial charge in [0.05, 0.1) is 6.54 Å². The third-order valence-electron chi connectivity index (χ3n) is 4.30. The molecule has 1 atom stereocenters. The minimum atomic E-state index is -0.0417. The molecule has 0 aromatic heterocycles. The van der Waals surface area contributed by atoms with Gasteiger partial charge in [0.2, 0.25) is 5.91 Å². The van der Waals surface area contributed by atoms with Gasteiger partial charge in [-0.2, -0.15) is 0 Å². The summed E-state index contributed by atoms with van der Waals surface area (Å²) >= 11 is 0. The lowest BCUT2D eigenvalue weighted by Crippen LogP contribution is -2.42. The molecule has 5 nitrogen and oxygen atoms in total. The quantitative estimate of drug-likeness (QED) is 0.815. The van der Waals surface area contributed by atoms with Crippen LogP contribution in [0.3, 0.4) is 0 Å². The summed E-state index contributed by atoms with van der Waals surface area (Å²) in [4.78, 5) is 25.6. The van der Waals surface area contributed by atoms with Crippen molar-refractivity contribution in [3.05, 3.63) is 29.8 Å². The molecule has 120 valence electrons. The van der Waals surface area contributed by atoms with E-state index in [4.69, 9.17) is 5.73 Å². The van der Waals surface area contributed by atoms with Crippen LogP contribution in [0.5, 0.6) is 0 Å². The predicted molar refractivity (Wildman–Crippen MR) is 87.9 cm³/mol. The topological polar surface area (TPSA) is 75.4 Å². The average molecular weight is 303 g/mol. The molecule has 3 N–H and O–H groups in total. The van der Waals surface area contributed by atoms with Gasteiger partial charge in [-0.3, -0.25) is 14.5 Å². The van der Waals surface area contributed by atoms with Crippen molar-refractivity contribution < 1.29 is 9.59 Å². The third kappa shape index (κ3) is 4.64. The SMILES string of the molecule is CC(=O)c1cccc(NC(=O)CN2CCC(C(C)N)CC2)c1. The number of amides is 1. The number of piperidine rings is 1. The molecule has 0 radical (unpaired) electrons. The maximum absolute atomic E-state index is 12.1. The smallest absolute Gasteiger partial charge is 0.238 e. The summed E-state index contributed by atoms with van der Waals surface area (Å²) in [5, 5.41) is 2.86. The van der Waals surface area contributed by atoms with Crippen LogP contribution in [-0.2, 0) is 4.79 Å². The van der Waals surface area contributed by atoms with E-state index in [9.17, 15) is 9.59 Å². The van der Waals surface area contributed by atoms with E-state index in [1.807, 2.05) is 0 Å². The Morgan fingerprint density at radius 3 is 2.64 bits per heavy atom. The van der Waals surface area contributed by atoms with Crippen molar-refractivity contribution in [3.8, 4) is 0 Å². The van der Waals surface area contributed by atoms with Crippen LogP contribution in [0.25, 0.3) is 0 Å². The van der Waals surface area contributed by atoms with E-state index in [0.717, 1.165) is 25.9 Å². The number of nitrogens with two attached hydrogens (primary N) is 1. The van der Waals surface area contributed by atoms with Crippen LogP contribution in [0.1, 0.15) is 37.0 Å². The second-order valence-electron chi connectivity index (χ2n) is 6.16. The van der Waals surface area contributed by atoms with Crippen molar-refractivity contribution in [2.24, 2.45) is 11.7 Å². The largest absolute Gasteiger partial charge is 0.328 e. The summed E-state index contributed by atoms with van der Waals surface area (Å²) in [5.41, 5.74) is 7.21. The molecule has 1 heterocycles. The van der Waals surface area contributed by atoms with E-state index >= 15 is 0 Å². The molecule has 1 fully saturated rings. The number of nitrogens with one attached hydrogen (secondary N) is 1. The highest BCUT2D eigenvalue weighted by Gasteiger charge is 2.23. The first-order chi connectivity index (χ1) is 10.5. The zero-order valence-corrected chi connectivity index (χ0v) is 13.3. The van der Waals surface area contributed by atoms with Crippen molar-refractivity contribution in [2.45, 2.75) is 32.7 Å². The Kier molecular flexibility index (Phi) is 5.69. The van der Waals surface area contributed by atoms with Crippen LogP contribution >= 0.6 is 0 Å². The maximum Gasteiger partial charge on any atom is 0.238 e. The van der Waals surface area contributed by atoms with Gasteiger partial charge in [-0.15, -0.1) is 0 Å². The molecule has 1 aromatic rings. The molecule has 1 aliphatic rings. The van der Waals surface area contributed by atoms with Gasteiger partial charge in [-0.05, 0) is 57.8 Å². The van der Waals surface area contributed by atoms with Crippen LogP contribution in [-0.4, -0.2) is 42.3 Å². The number of rotatable bonds is 5. The fraction of sp³-hybridized carbons (Fsp3) is 0.529. The lowest BCUT2D eigenvalue weighted by Gasteiger charge is -2.33. The number of nitrogens with zero attached hydrogens (tertiary/aromatic N) is 1. The predicted octanol–water partition coefficient (Wildman–Crippen LogP) is 1.89. The van der Waals surface area contributed by atoms with Crippen molar-refractivity contribution in [1.29, 1.82) is 0 Å². The number of anilines is 1. The first kappa shape index (κ1) is 16.6. The van der Waals surface area contributed by atoms with Gasteiger partial charge < -0.3 is 11.1 Å². The number of carbonyl (C=O) groups excluding carboxylic acids is 2. The Morgan fingerprint density at radius 2 is 2.05 bits per heavy atom. The number of ketones is 1. The molecule has 0 aliphatic carbocycles. The lowest BCUT2D eigenvalue weighted by atomic mass is 9.91. The normalized spacial score (nSPS) is 18.0. The Morgan fingerprint density at radius 1 is 1.36 bits per heavy atom. The van der Waals surface area contributed by atoms with Crippen LogP contribution in [0.4, 0.5) is 5.69 Å². The van der Waals surface area contributed by atoms with E-state index < -0.39 is 0 Å². The second kappa shape index (κ2) is 7.51. The molecule has 1 unspecified atom stereocenters. The number of hydrogen-bond acceptors (Lipinski definition) is 4. The number of benzene rings is 1. The first-order valence-corrected chi connectivity index (χ1v) is 7.84. The number of carbonyl (C=O) groups is 2. The zero-order valence-electron chi connectivity index (χ0n) is 13.3. The van der Waals surface area contributed by atoms with Crippen molar-refractivity contribution >= 4 is 17.4 Å². The van der Waals surface area contributed by atoms with Gasteiger partial charge in [-0.25, -0.2) is 0 Å². The van der Waals surface area contributed by atoms with E-state index in [1.54, 1.807) is 24.3 Å². The molecule has 0 saturated carbocycles. The summed E-state index contributed by atoms with van der Waals surface area (Å²) in [6, 6.07) is 7.26. The average Bonchev–Trinajstić information content (AvgIpc) is 2.47. The van der Waals surface area contributed by atoms with E-state index in [-0.39, 0.29) is 17.7 Å². The molecular weight excluding hydrogens is 278 g/mol. The number of Topliss-reactive ketones (excluding diaryl/α,β-unsaturated/α-hetero) is 1. The van der Waals surface area contributed by atoms with Gasteiger partial charge in [0, 0.05) is 17.3 Å². The number of hydrogen-bond donors (Lipinski definition) is 2. The first-order valence-electron chi connectivity index (χ1n) is 7.84. The molecule has 1 saturated heterocycles. The third-order valence-corrected chi connectivity index (χ3v) is 4.30. The zero-order chi connectivity index (χ0) is 16.1. The maximum atomic E-state index is 12.1. The second-order valence-corrected chi connectivity index (χ2v) is 6.16. The van der Waals surface area contributed by atoms with Gasteiger partial charge in [-0.1, -0.05) is 12.1 Å². The van der Waals surface area contributed by atoms with Crippen LogP contribution < -0.4 is 11.1 Å². The summed E-state index contributed by atoms with van der Waals surface area (Å²) in [5.74, 6) is 0.514. The molecule has 5 heteroatoms. The standard InChI is InChI=1S/C17H25N3O2/c1-12(18)14-6-8-20(9-7-14)11-17(22)19-16-5-3-4-15(10-16)13(2)21/h3-5,10,12,14H,6-9,11,18H2,1-2H3,(H,19,22). The Balaban J connectivity index is 1.84. The van der Waals surface area contributed by atoms with Crippen LogP contribution in [0.15, 0.2) is 24.3 Å². The summed E-state index contributed by atoms with van der Waals surface area (Å²) in [6.45, 7) is 5.77. The van der Waals surface area contributed by atoms with Crippen molar-refractivity contribution in [1.82, 2.24) is 4.90 Å². The molecule has 0 spiro atoms. The molecular formula is C17H25N3O2. The minimum Gasteiger partial charge on any atom is -0.328 e. The van der Waals surface area contributed by atoms with Gasteiger partial charge in [0.1, 0.15) is 0 Å². The van der Waals surface area contributed by atoms with E-state index in [1.165, 1.54) is 6.92 Å². The molecule has 2 rings (SSSR count). The van der Waals surface area contributed by atoms with Gasteiger partial charge in [0.15, 0.2) is 5.78 Å². The van der Waals surface area contributed by atoms with Gasteiger partial charge >= 0.3 is 0 Å². The summed E-state index contributed by atoms with van der Waals surface area (Å²) < 4.78 is 0. The molecule has 1 aromatic carbocycles. The number of likely N-dealkylation sites (tertiary alicyclic amines) is 1. The van der Waals surface area contributed by atoms with E-state index in [2.05, 4.69) is 17.1 Å². The minimum absolute atomic E-state index is 0.00549. The molecule has 0 bridgehead atoms. The highest BCUT2D eigenvalue weighted by molar-refractivity contribution is 5.97. The summed E-state index contributed by atoms with van der Waals surface area (Å²) in [7, 11) is 0. The van der Waals surface area contributed by atoms with Crippen LogP contribution in [0, 0.1) is 5.92 Å². The van der Waals surface area contributed by atoms with Crippen molar-refractivity contribution in [2.75, 3.05) is 25.0 Å². The Bertz CT molecular complexity index is 534. The Labute approximate surface area is 131 Å². The molecule has 1 amide bonds. The highest BCUT2D eigenvalue weighted by Crippen LogP contribution is 2.19. The molecule has 22 heavy (non-hydrogen) atoms. The fourth-order valence-corrected chi connectivity index (χ4v) is 2.86. The fourth-order valence-electron chi connectivity index (χ4n) is 2.86. The van der Waals surface area contributed by atoms with E-state index in [0.29, 0.717) is 23.7 Å². The van der Waals surface area contributed by atoms with Gasteiger partial charge in [0.25, 0.3) is 0 Å². The van der Waals surface area contributed by atoms with Crippen molar-refractivity contribution in [3.63, 3.8) is 0 Å². The Hall–Kier alpha value is -1.72. The highest BCUT2D eigenvalue weighted by atomic mass is 16.2. The molecule has 1 aliphatic heterocycles. The monoisotopic (exact) mass is 303 g/mol. The van der Waals surface area contributed by atoms with Crippen LogP contribution in [0.2, 0.25) is 0 Å².